The molecule has 1 aromatic heterocycles. The van der Waals surface area contributed by atoms with Gasteiger partial charge in [0.05, 0.1) is 17.7 Å². The largest absolute Gasteiger partial charge is 0.420 e. The molecular weight excluding hydrogens is 290 g/mol. The molecule has 0 aromatic carbocycles. The lowest BCUT2D eigenvalue weighted by molar-refractivity contribution is 0.0486. The summed E-state index contributed by atoms with van der Waals surface area (Å²) in [5.41, 5.74) is 0. The van der Waals surface area contributed by atoms with Crippen LogP contribution in [0.5, 0.6) is 0 Å². The van der Waals surface area contributed by atoms with Gasteiger partial charge in [0.15, 0.2) is 8.32 Å². The second-order valence-electron chi connectivity index (χ2n) is 5.28. The van der Waals surface area contributed by atoms with Gasteiger partial charge in [-0.1, -0.05) is 6.07 Å². The van der Waals surface area contributed by atoms with Gasteiger partial charge in [-0.2, -0.15) is 0 Å². The average Bonchev–Trinajstić information content (AvgIpc) is 2.46. The Morgan fingerprint density at radius 2 is 2.20 bits per heavy atom. The lowest BCUT2D eigenvalue weighted by Gasteiger charge is -2.19. The van der Waals surface area contributed by atoms with Gasteiger partial charge in [-0.15, -0.1) is 11.8 Å². The van der Waals surface area contributed by atoms with Gasteiger partial charge < -0.3 is 14.3 Å². The van der Waals surface area contributed by atoms with E-state index >= 15 is 0 Å². The van der Waals surface area contributed by atoms with E-state index in [-0.39, 0.29) is 0 Å². The smallest absolute Gasteiger partial charge is 0.186 e. The number of hydrogen-bond donors (Lipinski definition) is 1. The van der Waals surface area contributed by atoms with E-state index in [1.165, 1.54) is 0 Å². The molecule has 114 valence electrons. The summed E-state index contributed by atoms with van der Waals surface area (Å²) in [6.45, 7) is 5.47. The van der Waals surface area contributed by atoms with Gasteiger partial charge >= 0.3 is 0 Å². The summed E-state index contributed by atoms with van der Waals surface area (Å²) in [5.74, 6) is 0.606. The molecule has 20 heavy (non-hydrogen) atoms. The van der Waals surface area contributed by atoms with Crippen molar-refractivity contribution in [2.45, 2.75) is 36.7 Å². The third-order valence-corrected chi connectivity index (χ3v) is 6.74. The molecule has 0 saturated heterocycles. The Morgan fingerprint density at radius 1 is 1.40 bits per heavy atom. The zero-order chi connectivity index (χ0) is 14.8. The van der Waals surface area contributed by atoms with Crippen molar-refractivity contribution in [3.05, 3.63) is 24.4 Å². The zero-order valence-corrected chi connectivity index (χ0v) is 14.4. The molecule has 0 aliphatic heterocycles. The fourth-order valence-corrected chi connectivity index (χ4v) is 3.55. The van der Waals surface area contributed by atoms with Crippen LogP contribution in [0.25, 0.3) is 0 Å². The normalized spacial score (nSPS) is 13.4. The molecule has 0 aliphatic carbocycles. The van der Waals surface area contributed by atoms with Crippen molar-refractivity contribution in [3.63, 3.8) is 0 Å². The predicted molar refractivity (Wildman–Crippen MR) is 85.7 cm³/mol. The minimum absolute atomic E-state index is 0.384. The highest BCUT2D eigenvalue weighted by Crippen LogP contribution is 2.15. The summed E-state index contributed by atoms with van der Waals surface area (Å²) < 4.78 is 11.0. The number of ether oxygens (including phenoxy) is 1. The van der Waals surface area contributed by atoms with Gasteiger partial charge in [0, 0.05) is 25.7 Å². The minimum Gasteiger partial charge on any atom is -0.420 e. The van der Waals surface area contributed by atoms with Crippen molar-refractivity contribution in [2.75, 3.05) is 26.1 Å². The Kier molecular flexibility index (Phi) is 8.40. The first-order valence-corrected chi connectivity index (χ1v) is 11.0. The lowest BCUT2D eigenvalue weighted by atomic mass is 10.4. The number of aromatic nitrogens is 1. The van der Waals surface area contributed by atoms with Crippen LogP contribution in [-0.4, -0.2) is 50.6 Å². The van der Waals surface area contributed by atoms with Gasteiger partial charge in [-0.3, -0.25) is 0 Å². The first kappa shape index (κ1) is 17.6. The number of thioether (sulfide) groups is 1. The standard InChI is InChI=1S/C14H25NO3SSi/c1-17-20(2,3)10-6-9-18-11-13(16)12-19-14-7-4-5-8-15-14/h4-5,7-8,13,16H,6,9-12H2,1-3H3. The molecule has 0 spiro atoms. The molecular formula is C14H25NO3SSi. The topological polar surface area (TPSA) is 51.6 Å². The fourth-order valence-electron chi connectivity index (χ4n) is 1.58. The second kappa shape index (κ2) is 9.52. The van der Waals surface area contributed by atoms with Crippen LogP contribution in [0, 0.1) is 0 Å². The lowest BCUT2D eigenvalue weighted by Crippen LogP contribution is -2.28. The van der Waals surface area contributed by atoms with Gasteiger partial charge in [0.25, 0.3) is 0 Å². The quantitative estimate of drug-likeness (QED) is 0.409. The van der Waals surface area contributed by atoms with E-state index in [0.717, 1.165) is 17.5 Å². The Labute approximate surface area is 127 Å². The Hall–Kier alpha value is -0.403. The van der Waals surface area contributed by atoms with Gasteiger partial charge in [0.1, 0.15) is 0 Å². The minimum atomic E-state index is -1.47. The summed E-state index contributed by atoms with van der Waals surface area (Å²) in [5, 5.41) is 10.8. The van der Waals surface area contributed by atoms with Crippen LogP contribution in [0.2, 0.25) is 19.1 Å². The summed E-state index contributed by atoms with van der Waals surface area (Å²) in [6.07, 6.45) is 2.30. The van der Waals surface area contributed by atoms with E-state index in [1.54, 1.807) is 25.1 Å². The molecule has 4 nitrogen and oxygen atoms in total. The predicted octanol–water partition coefficient (Wildman–Crippen LogP) is 2.79. The third-order valence-electron chi connectivity index (χ3n) is 2.99. The Morgan fingerprint density at radius 3 is 2.85 bits per heavy atom. The second-order valence-corrected chi connectivity index (χ2v) is 10.7. The molecule has 1 aromatic rings. The van der Waals surface area contributed by atoms with E-state index in [2.05, 4.69) is 18.1 Å². The molecule has 0 radical (unpaired) electrons. The number of aliphatic hydroxyl groups is 1. The van der Waals surface area contributed by atoms with Crippen LogP contribution in [0.15, 0.2) is 29.4 Å². The third kappa shape index (κ3) is 8.01. The maximum atomic E-state index is 9.83. The van der Waals surface area contributed by atoms with Crippen molar-refractivity contribution in [1.29, 1.82) is 0 Å². The highest BCUT2D eigenvalue weighted by molar-refractivity contribution is 7.99. The van der Waals surface area contributed by atoms with Crippen LogP contribution >= 0.6 is 11.8 Å². The Balaban J connectivity index is 2.04. The number of aliphatic hydroxyl groups excluding tert-OH is 1. The molecule has 0 bridgehead atoms. The monoisotopic (exact) mass is 315 g/mol. The molecule has 0 fully saturated rings. The molecule has 0 saturated carbocycles. The summed E-state index contributed by atoms with van der Waals surface area (Å²) in [4.78, 5) is 4.20. The number of hydrogen-bond acceptors (Lipinski definition) is 5. The maximum absolute atomic E-state index is 9.83. The van der Waals surface area contributed by atoms with Crippen molar-refractivity contribution in [1.82, 2.24) is 4.98 Å². The van der Waals surface area contributed by atoms with Gasteiger partial charge in [0.2, 0.25) is 0 Å². The first-order chi connectivity index (χ1) is 9.53. The summed E-state index contributed by atoms with van der Waals surface area (Å²) >= 11 is 1.55. The SMILES string of the molecule is CO[Si](C)(C)CCCOCC(O)CSc1ccccn1. The van der Waals surface area contributed by atoms with Crippen molar-refractivity contribution in [3.8, 4) is 0 Å². The zero-order valence-electron chi connectivity index (χ0n) is 12.5. The molecule has 1 atom stereocenters. The van der Waals surface area contributed by atoms with E-state index in [0.29, 0.717) is 19.0 Å². The molecule has 1 N–H and O–H groups in total. The molecule has 6 heteroatoms. The summed E-state index contributed by atoms with van der Waals surface area (Å²) in [6, 6.07) is 6.85. The maximum Gasteiger partial charge on any atom is 0.186 e. The van der Waals surface area contributed by atoms with E-state index in [4.69, 9.17) is 9.16 Å². The molecule has 1 heterocycles. The van der Waals surface area contributed by atoms with Crippen molar-refractivity contribution >= 4 is 20.1 Å². The van der Waals surface area contributed by atoms with E-state index in [9.17, 15) is 5.11 Å². The average molecular weight is 316 g/mol. The van der Waals surface area contributed by atoms with E-state index in [1.807, 2.05) is 18.2 Å². The molecule has 1 unspecified atom stereocenters. The van der Waals surface area contributed by atoms with E-state index < -0.39 is 14.4 Å². The van der Waals surface area contributed by atoms with Crippen LogP contribution in [0.4, 0.5) is 0 Å². The number of pyridine rings is 1. The van der Waals surface area contributed by atoms with Crippen LogP contribution in [-0.2, 0) is 9.16 Å². The van der Waals surface area contributed by atoms with Gasteiger partial charge in [-0.05, 0) is 37.7 Å². The highest BCUT2D eigenvalue weighted by Gasteiger charge is 2.19. The molecule has 1 rings (SSSR count). The highest BCUT2D eigenvalue weighted by atomic mass is 32.2. The number of rotatable bonds is 10. The van der Waals surface area contributed by atoms with Gasteiger partial charge in [-0.25, -0.2) is 4.98 Å². The first-order valence-electron chi connectivity index (χ1n) is 6.88. The van der Waals surface area contributed by atoms with Crippen molar-refractivity contribution in [2.24, 2.45) is 0 Å². The molecule has 0 aliphatic rings. The fraction of sp³-hybridized carbons (Fsp3) is 0.643. The summed E-state index contributed by atoms with van der Waals surface area (Å²) in [7, 11) is 0.315. The molecule has 0 amide bonds. The number of nitrogens with zero attached hydrogens (tertiary/aromatic N) is 1. The van der Waals surface area contributed by atoms with Crippen LogP contribution in [0.1, 0.15) is 6.42 Å². The van der Waals surface area contributed by atoms with Crippen molar-refractivity contribution < 1.29 is 14.3 Å². The van der Waals surface area contributed by atoms with Crippen LogP contribution in [0.3, 0.4) is 0 Å². The Bertz CT molecular complexity index is 365. The van der Waals surface area contributed by atoms with Crippen LogP contribution < -0.4 is 0 Å².